The van der Waals surface area contributed by atoms with Crippen LogP contribution in [0.2, 0.25) is 0 Å². The molecule has 0 bridgehead atoms. The molecule has 3 aromatic heterocycles. The van der Waals surface area contributed by atoms with Crippen molar-refractivity contribution in [2.75, 3.05) is 37.6 Å². The first-order valence-corrected chi connectivity index (χ1v) is 13.3. The summed E-state index contributed by atoms with van der Waals surface area (Å²) in [6.45, 7) is 4.97. The number of hydrogen-bond acceptors (Lipinski definition) is 7. The second kappa shape index (κ2) is 8.68. The molecule has 7 rings (SSSR count). The first-order valence-electron chi connectivity index (χ1n) is 13.3. The fourth-order valence-corrected chi connectivity index (χ4v) is 5.55. The van der Waals surface area contributed by atoms with Gasteiger partial charge in [0.05, 0.1) is 23.8 Å². The second-order valence-electron chi connectivity index (χ2n) is 11.0. The molecule has 2 N–H and O–H groups in total. The lowest BCUT2D eigenvalue weighted by atomic mass is 9.88. The third-order valence-corrected chi connectivity index (χ3v) is 8.27. The van der Waals surface area contributed by atoms with Crippen LogP contribution in [0.15, 0.2) is 43.0 Å². The summed E-state index contributed by atoms with van der Waals surface area (Å²) in [5.41, 5.74) is 5.21. The van der Waals surface area contributed by atoms with Gasteiger partial charge in [0.1, 0.15) is 11.2 Å². The van der Waals surface area contributed by atoms with Crippen LogP contribution in [0.3, 0.4) is 0 Å². The molecular weight excluding hydrogens is 436 g/mol. The first kappa shape index (κ1) is 21.4. The Morgan fingerprint density at radius 2 is 1.97 bits per heavy atom. The van der Waals surface area contributed by atoms with Crippen LogP contribution in [0.5, 0.6) is 0 Å². The summed E-state index contributed by atoms with van der Waals surface area (Å²) in [6, 6.07) is 7.25. The molecular formula is C27H34N8. The van der Waals surface area contributed by atoms with Gasteiger partial charge >= 0.3 is 0 Å². The first-order chi connectivity index (χ1) is 17.3. The van der Waals surface area contributed by atoms with Crippen LogP contribution in [-0.2, 0) is 5.54 Å². The molecule has 0 amide bonds. The summed E-state index contributed by atoms with van der Waals surface area (Å²) in [6.07, 6.45) is 15.8. The molecule has 0 spiro atoms. The van der Waals surface area contributed by atoms with Crippen molar-refractivity contribution in [2.24, 2.45) is 5.92 Å². The van der Waals surface area contributed by atoms with E-state index in [9.17, 15) is 0 Å². The van der Waals surface area contributed by atoms with Crippen LogP contribution in [0, 0.1) is 5.92 Å². The molecule has 182 valence electrons. The summed E-state index contributed by atoms with van der Waals surface area (Å²) in [5.74, 6) is 1.60. The molecule has 0 radical (unpaired) electrons. The minimum Gasteiger partial charge on any atom is -0.369 e. The quantitative estimate of drug-likeness (QED) is 0.524. The van der Waals surface area contributed by atoms with Crippen molar-refractivity contribution >= 4 is 5.69 Å². The van der Waals surface area contributed by atoms with Gasteiger partial charge < -0.3 is 15.5 Å². The molecule has 0 aromatic carbocycles. The monoisotopic (exact) mass is 470 g/mol. The van der Waals surface area contributed by atoms with Gasteiger partial charge in [0, 0.05) is 50.2 Å². The molecule has 8 heteroatoms. The van der Waals surface area contributed by atoms with Crippen molar-refractivity contribution in [2.45, 2.75) is 56.0 Å². The second-order valence-corrected chi connectivity index (χ2v) is 11.0. The van der Waals surface area contributed by atoms with Gasteiger partial charge in [-0.1, -0.05) is 5.21 Å². The number of aromatic nitrogens is 5. The van der Waals surface area contributed by atoms with E-state index in [1.807, 2.05) is 17.1 Å². The van der Waals surface area contributed by atoms with Gasteiger partial charge in [-0.15, -0.1) is 5.10 Å². The van der Waals surface area contributed by atoms with Gasteiger partial charge in [-0.3, -0.25) is 9.97 Å². The van der Waals surface area contributed by atoms with E-state index >= 15 is 0 Å². The SMILES string of the molecule is c1ncc(C2CC2)cc1-c1cn(C2(c3ccc(N4CCCC(NCC5CC5)C4)cn3)CNC2)nn1. The van der Waals surface area contributed by atoms with E-state index in [1.54, 1.807) is 0 Å². The molecule has 2 aliphatic carbocycles. The van der Waals surface area contributed by atoms with Gasteiger partial charge in [0.15, 0.2) is 0 Å². The average molecular weight is 471 g/mol. The largest absolute Gasteiger partial charge is 0.369 e. The van der Waals surface area contributed by atoms with Crippen LogP contribution in [0.1, 0.15) is 55.7 Å². The summed E-state index contributed by atoms with van der Waals surface area (Å²) in [4.78, 5) is 11.9. The molecule has 1 atom stereocenters. The van der Waals surface area contributed by atoms with Crippen molar-refractivity contribution in [3.63, 3.8) is 0 Å². The van der Waals surface area contributed by atoms with Gasteiger partial charge in [-0.05, 0) is 80.7 Å². The van der Waals surface area contributed by atoms with Crippen molar-refractivity contribution in [3.8, 4) is 11.3 Å². The van der Waals surface area contributed by atoms with Crippen LogP contribution in [0.4, 0.5) is 5.69 Å². The van der Waals surface area contributed by atoms with Crippen molar-refractivity contribution in [1.29, 1.82) is 0 Å². The maximum atomic E-state index is 4.96. The Hall–Kier alpha value is -2.84. The van der Waals surface area contributed by atoms with E-state index in [0.717, 1.165) is 49.0 Å². The summed E-state index contributed by atoms with van der Waals surface area (Å²) in [5, 5.41) is 16.3. The zero-order chi connectivity index (χ0) is 23.2. The molecule has 5 heterocycles. The van der Waals surface area contributed by atoms with Crippen LogP contribution in [-0.4, -0.2) is 63.7 Å². The molecule has 2 saturated heterocycles. The zero-order valence-corrected chi connectivity index (χ0v) is 20.2. The molecule has 1 unspecified atom stereocenters. The lowest BCUT2D eigenvalue weighted by molar-refractivity contribution is 0.197. The molecule has 4 fully saturated rings. The van der Waals surface area contributed by atoms with E-state index in [1.165, 1.54) is 56.3 Å². The highest BCUT2D eigenvalue weighted by molar-refractivity contribution is 5.58. The number of anilines is 1. The Morgan fingerprint density at radius 3 is 2.71 bits per heavy atom. The average Bonchev–Trinajstić information content (AvgIpc) is 3.82. The minimum absolute atomic E-state index is 0.290. The molecule has 35 heavy (non-hydrogen) atoms. The molecule has 3 aromatic rings. The van der Waals surface area contributed by atoms with Crippen LogP contribution >= 0.6 is 0 Å². The van der Waals surface area contributed by atoms with E-state index in [-0.39, 0.29) is 5.54 Å². The van der Waals surface area contributed by atoms with E-state index < -0.39 is 0 Å². The summed E-state index contributed by atoms with van der Waals surface area (Å²) in [7, 11) is 0. The van der Waals surface area contributed by atoms with Crippen LogP contribution < -0.4 is 15.5 Å². The number of pyridine rings is 2. The number of nitrogens with one attached hydrogen (secondary N) is 2. The van der Waals surface area contributed by atoms with E-state index in [0.29, 0.717) is 12.0 Å². The van der Waals surface area contributed by atoms with E-state index in [2.05, 4.69) is 61.4 Å². The normalized spacial score (nSPS) is 23.8. The maximum Gasteiger partial charge on any atom is 0.131 e. The highest BCUT2D eigenvalue weighted by Gasteiger charge is 2.43. The lowest BCUT2D eigenvalue weighted by Gasteiger charge is -2.42. The highest BCUT2D eigenvalue weighted by atomic mass is 15.5. The Bertz CT molecular complexity index is 1180. The van der Waals surface area contributed by atoms with Crippen molar-refractivity contribution in [1.82, 2.24) is 35.6 Å². The topological polar surface area (TPSA) is 83.8 Å². The minimum atomic E-state index is -0.290. The zero-order valence-electron chi connectivity index (χ0n) is 20.2. The number of piperidine rings is 1. The Kier molecular flexibility index (Phi) is 5.31. The number of hydrogen-bond donors (Lipinski definition) is 2. The fourth-order valence-electron chi connectivity index (χ4n) is 5.55. The Morgan fingerprint density at radius 1 is 1.06 bits per heavy atom. The smallest absolute Gasteiger partial charge is 0.131 e. The molecule has 2 saturated carbocycles. The maximum absolute atomic E-state index is 4.96. The Balaban J connectivity index is 1.08. The third kappa shape index (κ3) is 4.23. The van der Waals surface area contributed by atoms with Gasteiger partial charge in [0.2, 0.25) is 0 Å². The predicted molar refractivity (Wildman–Crippen MR) is 135 cm³/mol. The summed E-state index contributed by atoms with van der Waals surface area (Å²) < 4.78 is 2.00. The van der Waals surface area contributed by atoms with Gasteiger partial charge in [0.25, 0.3) is 0 Å². The third-order valence-electron chi connectivity index (χ3n) is 8.27. The number of rotatable bonds is 8. The summed E-state index contributed by atoms with van der Waals surface area (Å²) >= 11 is 0. The Labute approximate surface area is 206 Å². The molecule has 2 aliphatic heterocycles. The van der Waals surface area contributed by atoms with Crippen molar-refractivity contribution in [3.05, 3.63) is 54.2 Å². The predicted octanol–water partition coefficient (Wildman–Crippen LogP) is 2.93. The molecule has 8 nitrogen and oxygen atoms in total. The van der Waals surface area contributed by atoms with Gasteiger partial charge in [-0.25, -0.2) is 4.68 Å². The van der Waals surface area contributed by atoms with Gasteiger partial charge in [-0.2, -0.15) is 0 Å². The lowest BCUT2D eigenvalue weighted by Crippen LogP contribution is -2.61. The van der Waals surface area contributed by atoms with Crippen molar-refractivity contribution < 1.29 is 0 Å². The van der Waals surface area contributed by atoms with Crippen LogP contribution in [0.25, 0.3) is 11.3 Å². The molecule has 4 aliphatic rings. The highest BCUT2D eigenvalue weighted by Crippen LogP contribution is 2.40. The number of nitrogens with zero attached hydrogens (tertiary/aromatic N) is 6. The van der Waals surface area contributed by atoms with E-state index in [4.69, 9.17) is 4.98 Å². The fraction of sp³-hybridized carbons (Fsp3) is 0.556. The standard InChI is InChI=1S/C27H34N8/c1-2-23(30-11-19-3-4-19)15-34(9-1)24-7-8-26(31-14-24)27(17-29-18-27)35-16-25(32-33-35)22-10-21(12-28-13-22)20-5-6-20/h7-8,10,12-14,16,19-20,23,29-30H,1-6,9,11,15,17-18H2.